The quantitative estimate of drug-likeness (QED) is 0.618. The van der Waals surface area contributed by atoms with Gasteiger partial charge in [-0.3, -0.25) is 0 Å². The van der Waals surface area contributed by atoms with Gasteiger partial charge in [0.15, 0.2) is 11.8 Å². The third kappa shape index (κ3) is 4.84. The van der Waals surface area contributed by atoms with E-state index in [2.05, 4.69) is 58.1 Å². The van der Waals surface area contributed by atoms with E-state index in [-0.39, 0.29) is 0 Å². The summed E-state index contributed by atoms with van der Waals surface area (Å²) < 4.78 is 1.99. The first kappa shape index (κ1) is 18.4. The van der Waals surface area contributed by atoms with Gasteiger partial charge in [-0.05, 0) is 31.2 Å². The molecule has 1 saturated carbocycles. The van der Waals surface area contributed by atoms with Crippen molar-refractivity contribution in [1.29, 1.82) is 0 Å². The van der Waals surface area contributed by atoms with Crippen LogP contribution in [0, 0.1) is 6.92 Å². The van der Waals surface area contributed by atoms with Crippen molar-refractivity contribution in [1.82, 2.24) is 25.4 Å². The highest BCUT2D eigenvalue weighted by Crippen LogP contribution is 2.18. The summed E-state index contributed by atoms with van der Waals surface area (Å²) in [5.74, 6) is 3.08. The van der Waals surface area contributed by atoms with Gasteiger partial charge in [0.25, 0.3) is 0 Å². The molecule has 26 heavy (non-hydrogen) atoms. The number of aryl methyl sites for hydroxylation is 1. The van der Waals surface area contributed by atoms with Gasteiger partial charge in [0, 0.05) is 19.6 Å². The lowest BCUT2D eigenvalue weighted by Gasteiger charge is -2.20. The van der Waals surface area contributed by atoms with Gasteiger partial charge >= 0.3 is 0 Å². The summed E-state index contributed by atoms with van der Waals surface area (Å²) in [5.41, 5.74) is 1.34. The summed E-state index contributed by atoms with van der Waals surface area (Å²) in [4.78, 5) is 4.77. The minimum absolute atomic E-state index is 0.420. The van der Waals surface area contributed by atoms with Crippen LogP contribution >= 0.6 is 0 Å². The molecular formula is C20H30N6. The van der Waals surface area contributed by atoms with Crippen LogP contribution in [-0.2, 0) is 13.6 Å². The maximum Gasteiger partial charge on any atom is 0.191 e. The average Bonchev–Trinajstić information content (AvgIpc) is 3.29. The van der Waals surface area contributed by atoms with Gasteiger partial charge in [0.2, 0.25) is 0 Å². The Hall–Kier alpha value is -2.37. The zero-order chi connectivity index (χ0) is 18.4. The van der Waals surface area contributed by atoms with Crippen molar-refractivity contribution in [2.75, 3.05) is 6.54 Å². The summed E-state index contributed by atoms with van der Waals surface area (Å²) in [6, 6.07) is 11.1. The Kier molecular flexibility index (Phi) is 6.26. The second-order valence-corrected chi connectivity index (χ2v) is 7.21. The fourth-order valence-corrected chi connectivity index (χ4v) is 3.30. The number of rotatable bonds is 6. The van der Waals surface area contributed by atoms with E-state index in [0.29, 0.717) is 18.5 Å². The maximum absolute atomic E-state index is 4.77. The molecule has 0 saturated heterocycles. The zero-order valence-corrected chi connectivity index (χ0v) is 16.1. The number of benzene rings is 1. The van der Waals surface area contributed by atoms with E-state index in [1.165, 1.54) is 31.2 Å². The van der Waals surface area contributed by atoms with Crippen LogP contribution < -0.4 is 10.6 Å². The fourth-order valence-electron chi connectivity index (χ4n) is 3.30. The normalized spacial score (nSPS) is 16.7. The van der Waals surface area contributed by atoms with Crippen molar-refractivity contribution < 1.29 is 0 Å². The van der Waals surface area contributed by atoms with E-state index in [4.69, 9.17) is 4.99 Å². The van der Waals surface area contributed by atoms with Crippen molar-refractivity contribution in [3.8, 4) is 0 Å². The highest BCUT2D eigenvalue weighted by molar-refractivity contribution is 5.80. The molecule has 1 aliphatic rings. The number of guanidine groups is 1. The number of nitrogens with zero attached hydrogens (tertiary/aromatic N) is 4. The largest absolute Gasteiger partial charge is 0.356 e. The van der Waals surface area contributed by atoms with E-state index in [0.717, 1.165) is 24.2 Å². The van der Waals surface area contributed by atoms with Gasteiger partial charge in [-0.2, -0.15) is 0 Å². The van der Waals surface area contributed by atoms with E-state index < -0.39 is 0 Å². The Morgan fingerprint density at radius 1 is 1.23 bits per heavy atom. The van der Waals surface area contributed by atoms with E-state index in [1.807, 2.05) is 18.5 Å². The first-order valence-corrected chi connectivity index (χ1v) is 9.58. The molecule has 1 aromatic carbocycles. The molecule has 2 aromatic rings. The number of nitrogens with one attached hydrogen (secondary N) is 2. The summed E-state index contributed by atoms with van der Waals surface area (Å²) in [6.07, 6.45) is 5.04. The number of aromatic nitrogens is 3. The average molecular weight is 355 g/mol. The van der Waals surface area contributed by atoms with Crippen molar-refractivity contribution in [3.05, 3.63) is 47.5 Å². The van der Waals surface area contributed by atoms with Gasteiger partial charge in [-0.1, -0.05) is 50.1 Å². The van der Waals surface area contributed by atoms with Gasteiger partial charge in [-0.15, -0.1) is 10.2 Å². The van der Waals surface area contributed by atoms with Crippen molar-refractivity contribution in [2.24, 2.45) is 12.0 Å². The summed E-state index contributed by atoms with van der Waals surface area (Å²) in [6.45, 7) is 5.57. The molecule has 0 amide bonds. The third-order valence-corrected chi connectivity index (χ3v) is 5.20. The number of aliphatic imine (C=N–C) groups is 1. The molecule has 1 unspecified atom stereocenters. The second-order valence-electron chi connectivity index (χ2n) is 7.21. The third-order valence-electron chi connectivity index (χ3n) is 5.20. The maximum atomic E-state index is 4.77. The molecule has 1 fully saturated rings. The molecule has 1 atom stereocenters. The standard InChI is InChI=1S/C20H30N6/c1-15(17-9-5-4-6-10-17)13-21-20(23-18-11-7-8-12-18)22-14-19-25-24-16(2)26(19)3/h4-6,9-10,15,18H,7-8,11-14H2,1-3H3,(H2,21,22,23). The molecule has 0 aliphatic heterocycles. The van der Waals surface area contributed by atoms with E-state index >= 15 is 0 Å². The van der Waals surface area contributed by atoms with Crippen molar-refractivity contribution in [2.45, 2.75) is 58.0 Å². The van der Waals surface area contributed by atoms with Gasteiger partial charge < -0.3 is 15.2 Å². The van der Waals surface area contributed by atoms with Crippen LogP contribution in [0.15, 0.2) is 35.3 Å². The predicted octanol–water partition coefficient (Wildman–Crippen LogP) is 2.91. The molecular weight excluding hydrogens is 324 g/mol. The molecule has 1 aliphatic carbocycles. The van der Waals surface area contributed by atoms with Crippen LogP contribution in [0.1, 0.15) is 55.7 Å². The summed E-state index contributed by atoms with van der Waals surface area (Å²) >= 11 is 0. The van der Waals surface area contributed by atoms with Crippen LogP contribution in [0.2, 0.25) is 0 Å². The molecule has 1 aromatic heterocycles. The van der Waals surface area contributed by atoms with Crippen molar-refractivity contribution in [3.63, 3.8) is 0 Å². The fraction of sp³-hybridized carbons (Fsp3) is 0.550. The van der Waals surface area contributed by atoms with Gasteiger partial charge in [0.1, 0.15) is 12.4 Å². The lowest BCUT2D eigenvalue weighted by molar-refractivity contribution is 0.602. The molecule has 6 heteroatoms. The second kappa shape index (κ2) is 8.83. The molecule has 140 valence electrons. The van der Waals surface area contributed by atoms with Crippen LogP contribution in [0.3, 0.4) is 0 Å². The van der Waals surface area contributed by atoms with Crippen LogP contribution in [0.5, 0.6) is 0 Å². The smallest absolute Gasteiger partial charge is 0.191 e. The van der Waals surface area contributed by atoms with Gasteiger partial charge in [0.05, 0.1) is 0 Å². The minimum Gasteiger partial charge on any atom is -0.356 e. The van der Waals surface area contributed by atoms with Crippen molar-refractivity contribution >= 4 is 5.96 Å². The van der Waals surface area contributed by atoms with E-state index in [1.54, 1.807) is 0 Å². The summed E-state index contributed by atoms with van der Waals surface area (Å²) in [5, 5.41) is 15.4. The van der Waals surface area contributed by atoms with Gasteiger partial charge in [-0.25, -0.2) is 4.99 Å². The highest BCUT2D eigenvalue weighted by Gasteiger charge is 2.17. The zero-order valence-electron chi connectivity index (χ0n) is 16.1. The number of hydrogen-bond acceptors (Lipinski definition) is 3. The molecule has 2 N–H and O–H groups in total. The topological polar surface area (TPSA) is 67.1 Å². The van der Waals surface area contributed by atoms with Crippen LogP contribution in [-0.4, -0.2) is 33.3 Å². The molecule has 3 rings (SSSR count). The Morgan fingerprint density at radius 3 is 2.62 bits per heavy atom. The molecule has 1 heterocycles. The molecule has 0 bridgehead atoms. The Morgan fingerprint density at radius 2 is 1.96 bits per heavy atom. The molecule has 0 spiro atoms. The first-order chi connectivity index (χ1) is 12.6. The minimum atomic E-state index is 0.420. The Balaban J connectivity index is 1.64. The first-order valence-electron chi connectivity index (χ1n) is 9.58. The van der Waals surface area contributed by atoms with Crippen LogP contribution in [0.25, 0.3) is 0 Å². The Labute approximate surface area is 156 Å². The van der Waals surface area contributed by atoms with Crippen LogP contribution in [0.4, 0.5) is 0 Å². The number of hydrogen-bond donors (Lipinski definition) is 2. The Bertz CT molecular complexity index is 715. The molecule has 6 nitrogen and oxygen atoms in total. The van der Waals surface area contributed by atoms with E-state index in [9.17, 15) is 0 Å². The SMILES string of the molecule is Cc1nnc(CN=C(NCC(C)c2ccccc2)NC2CCCC2)n1C. The highest BCUT2D eigenvalue weighted by atomic mass is 15.3. The lowest BCUT2D eigenvalue weighted by atomic mass is 10.0. The predicted molar refractivity (Wildman–Crippen MR) is 105 cm³/mol. The monoisotopic (exact) mass is 354 g/mol. The lowest BCUT2D eigenvalue weighted by Crippen LogP contribution is -2.43. The molecule has 0 radical (unpaired) electrons. The summed E-state index contributed by atoms with van der Waals surface area (Å²) in [7, 11) is 1.98.